The van der Waals surface area contributed by atoms with E-state index in [1.54, 1.807) is 35.4 Å². The molecule has 0 saturated carbocycles. The summed E-state index contributed by atoms with van der Waals surface area (Å²) in [6.45, 7) is 2.65. The van der Waals surface area contributed by atoms with Gasteiger partial charge in [-0.2, -0.15) is 0 Å². The Balaban J connectivity index is 1.80. The SMILES string of the molecule is CC(=O)NC1CCCN(C(=O)c2cccc(-c3cncc(C(N)=O)c3)c2)C1. The van der Waals surface area contributed by atoms with Gasteiger partial charge in [0.05, 0.1) is 5.56 Å². The molecule has 3 amide bonds. The normalized spacial score (nSPS) is 16.6. The van der Waals surface area contributed by atoms with Gasteiger partial charge in [0.1, 0.15) is 0 Å². The Morgan fingerprint density at radius 1 is 1.15 bits per heavy atom. The molecule has 0 radical (unpaired) electrons. The molecular formula is C20H22N4O3. The van der Waals surface area contributed by atoms with Gasteiger partial charge in [0, 0.05) is 49.6 Å². The number of amides is 3. The van der Waals surface area contributed by atoms with Crippen LogP contribution in [0, 0.1) is 0 Å². The van der Waals surface area contributed by atoms with Crippen molar-refractivity contribution in [3.8, 4) is 11.1 Å². The lowest BCUT2D eigenvalue weighted by Crippen LogP contribution is -2.49. The Morgan fingerprint density at radius 2 is 1.93 bits per heavy atom. The summed E-state index contributed by atoms with van der Waals surface area (Å²) in [5.74, 6) is -0.710. The van der Waals surface area contributed by atoms with Crippen molar-refractivity contribution in [3.05, 3.63) is 53.9 Å². The number of likely N-dealkylation sites (tertiary alicyclic amines) is 1. The van der Waals surface area contributed by atoms with E-state index in [0.29, 0.717) is 24.2 Å². The molecule has 2 heterocycles. The third-order valence-electron chi connectivity index (χ3n) is 4.58. The van der Waals surface area contributed by atoms with E-state index in [1.165, 1.54) is 13.1 Å². The molecule has 0 aliphatic carbocycles. The van der Waals surface area contributed by atoms with Crippen LogP contribution in [0.1, 0.15) is 40.5 Å². The molecule has 0 spiro atoms. The summed E-state index contributed by atoms with van der Waals surface area (Å²) in [6, 6.07) is 8.85. The van der Waals surface area contributed by atoms with E-state index in [-0.39, 0.29) is 17.9 Å². The van der Waals surface area contributed by atoms with E-state index in [2.05, 4.69) is 10.3 Å². The number of hydrogen-bond donors (Lipinski definition) is 2. The lowest BCUT2D eigenvalue weighted by atomic mass is 10.0. The van der Waals surface area contributed by atoms with E-state index >= 15 is 0 Å². The Morgan fingerprint density at radius 3 is 2.67 bits per heavy atom. The molecule has 1 atom stereocenters. The number of aromatic nitrogens is 1. The van der Waals surface area contributed by atoms with E-state index in [9.17, 15) is 14.4 Å². The van der Waals surface area contributed by atoms with Crippen molar-refractivity contribution in [3.63, 3.8) is 0 Å². The summed E-state index contributed by atoms with van der Waals surface area (Å²) in [5, 5.41) is 2.89. The number of rotatable bonds is 4. The van der Waals surface area contributed by atoms with Crippen LogP contribution in [0.4, 0.5) is 0 Å². The standard InChI is InChI=1S/C20H22N4O3/c1-13(25)23-18-6-3-7-24(12-18)20(27)15-5-2-4-14(8-15)16-9-17(19(21)26)11-22-10-16/h2,4-5,8-11,18H,3,6-7,12H2,1H3,(H2,21,26)(H,23,25). The molecule has 1 saturated heterocycles. The van der Waals surface area contributed by atoms with Crippen molar-refractivity contribution in [2.45, 2.75) is 25.8 Å². The average Bonchev–Trinajstić information content (AvgIpc) is 2.67. The van der Waals surface area contributed by atoms with Crippen molar-refractivity contribution < 1.29 is 14.4 Å². The first-order valence-corrected chi connectivity index (χ1v) is 8.85. The van der Waals surface area contributed by atoms with E-state index in [1.807, 2.05) is 6.07 Å². The van der Waals surface area contributed by atoms with Crippen LogP contribution in [-0.4, -0.2) is 46.7 Å². The van der Waals surface area contributed by atoms with Gasteiger partial charge in [-0.25, -0.2) is 0 Å². The molecule has 27 heavy (non-hydrogen) atoms. The van der Waals surface area contributed by atoms with Gasteiger partial charge < -0.3 is 16.0 Å². The Bertz CT molecular complexity index is 881. The minimum Gasteiger partial charge on any atom is -0.366 e. The fourth-order valence-electron chi connectivity index (χ4n) is 3.31. The van der Waals surface area contributed by atoms with Gasteiger partial charge in [0.25, 0.3) is 5.91 Å². The molecule has 2 aromatic rings. The summed E-state index contributed by atoms with van der Waals surface area (Å²) in [7, 11) is 0. The highest BCUT2D eigenvalue weighted by Gasteiger charge is 2.25. The summed E-state index contributed by atoms with van der Waals surface area (Å²) >= 11 is 0. The first-order chi connectivity index (χ1) is 12.9. The smallest absolute Gasteiger partial charge is 0.253 e. The van der Waals surface area contributed by atoms with Crippen LogP contribution in [0.5, 0.6) is 0 Å². The highest BCUT2D eigenvalue weighted by atomic mass is 16.2. The van der Waals surface area contributed by atoms with Crippen LogP contribution in [-0.2, 0) is 4.79 Å². The third-order valence-corrected chi connectivity index (χ3v) is 4.58. The molecule has 1 fully saturated rings. The quantitative estimate of drug-likeness (QED) is 0.857. The van der Waals surface area contributed by atoms with Crippen LogP contribution < -0.4 is 11.1 Å². The van der Waals surface area contributed by atoms with Gasteiger partial charge in [-0.15, -0.1) is 0 Å². The molecule has 1 aliphatic heterocycles. The molecule has 1 aliphatic rings. The van der Waals surface area contributed by atoms with Gasteiger partial charge in [0.15, 0.2) is 0 Å². The zero-order valence-electron chi connectivity index (χ0n) is 15.1. The molecule has 1 aromatic carbocycles. The molecule has 0 bridgehead atoms. The van der Waals surface area contributed by atoms with Crippen molar-refractivity contribution in [2.24, 2.45) is 5.73 Å². The highest BCUT2D eigenvalue weighted by Crippen LogP contribution is 2.22. The fraction of sp³-hybridized carbons (Fsp3) is 0.300. The van der Waals surface area contributed by atoms with Gasteiger partial charge in [0.2, 0.25) is 11.8 Å². The maximum Gasteiger partial charge on any atom is 0.253 e. The molecule has 1 unspecified atom stereocenters. The van der Waals surface area contributed by atoms with Crippen molar-refractivity contribution >= 4 is 17.7 Å². The van der Waals surface area contributed by atoms with Crippen molar-refractivity contribution in [2.75, 3.05) is 13.1 Å². The molecule has 7 nitrogen and oxygen atoms in total. The Kier molecular flexibility index (Phi) is 5.49. The first kappa shape index (κ1) is 18.6. The fourth-order valence-corrected chi connectivity index (χ4v) is 3.31. The summed E-state index contributed by atoms with van der Waals surface area (Å²) in [5.41, 5.74) is 7.69. The second-order valence-electron chi connectivity index (χ2n) is 6.70. The third kappa shape index (κ3) is 4.49. The van der Waals surface area contributed by atoms with Crippen molar-refractivity contribution in [1.29, 1.82) is 0 Å². The Labute approximate surface area is 157 Å². The number of nitrogens with one attached hydrogen (secondary N) is 1. The predicted molar refractivity (Wildman–Crippen MR) is 101 cm³/mol. The van der Waals surface area contributed by atoms with Crippen LogP contribution in [0.2, 0.25) is 0 Å². The topological polar surface area (TPSA) is 105 Å². The van der Waals surface area contributed by atoms with Gasteiger partial charge in [-0.05, 0) is 36.6 Å². The number of carbonyl (C=O) groups excluding carboxylic acids is 3. The Hall–Kier alpha value is -3.22. The van der Waals surface area contributed by atoms with Crippen molar-refractivity contribution in [1.82, 2.24) is 15.2 Å². The van der Waals surface area contributed by atoms with Gasteiger partial charge >= 0.3 is 0 Å². The number of primary amides is 1. The van der Waals surface area contributed by atoms with E-state index < -0.39 is 5.91 Å². The maximum atomic E-state index is 12.9. The van der Waals surface area contributed by atoms with Crippen LogP contribution in [0.15, 0.2) is 42.7 Å². The highest BCUT2D eigenvalue weighted by molar-refractivity contribution is 5.96. The monoisotopic (exact) mass is 366 g/mol. The minimum absolute atomic E-state index is 0.0140. The minimum atomic E-state index is -0.547. The molecule has 1 aromatic heterocycles. The van der Waals surface area contributed by atoms with Crippen LogP contribution in [0.25, 0.3) is 11.1 Å². The number of pyridine rings is 1. The molecule has 140 valence electrons. The molecule has 7 heteroatoms. The average molecular weight is 366 g/mol. The number of nitrogens with zero attached hydrogens (tertiary/aromatic N) is 2. The lowest BCUT2D eigenvalue weighted by molar-refractivity contribution is -0.120. The van der Waals surface area contributed by atoms with Crippen LogP contribution in [0.3, 0.4) is 0 Å². The largest absolute Gasteiger partial charge is 0.366 e. The second kappa shape index (κ2) is 7.99. The van der Waals surface area contributed by atoms with E-state index in [4.69, 9.17) is 5.73 Å². The number of nitrogens with two attached hydrogens (primary N) is 1. The maximum absolute atomic E-state index is 12.9. The summed E-state index contributed by atoms with van der Waals surface area (Å²) in [6.07, 6.45) is 4.76. The lowest BCUT2D eigenvalue weighted by Gasteiger charge is -2.33. The predicted octanol–water partition coefficient (Wildman–Crippen LogP) is 1.59. The van der Waals surface area contributed by atoms with E-state index in [0.717, 1.165) is 24.0 Å². The number of benzene rings is 1. The number of hydrogen-bond acceptors (Lipinski definition) is 4. The van der Waals surface area contributed by atoms with Crippen LogP contribution >= 0.6 is 0 Å². The second-order valence-corrected chi connectivity index (χ2v) is 6.70. The summed E-state index contributed by atoms with van der Waals surface area (Å²) in [4.78, 5) is 41.4. The summed E-state index contributed by atoms with van der Waals surface area (Å²) < 4.78 is 0. The zero-order valence-corrected chi connectivity index (χ0v) is 15.1. The van der Waals surface area contributed by atoms with Gasteiger partial charge in [-0.3, -0.25) is 19.4 Å². The molecule has 3 rings (SSSR count). The zero-order chi connectivity index (χ0) is 19.4. The van der Waals surface area contributed by atoms with Gasteiger partial charge in [-0.1, -0.05) is 12.1 Å². The molecule has 3 N–H and O–H groups in total. The number of piperidine rings is 1. The molecular weight excluding hydrogens is 344 g/mol. The number of carbonyl (C=O) groups is 3. The first-order valence-electron chi connectivity index (χ1n) is 8.85.